The van der Waals surface area contributed by atoms with Crippen LogP contribution in [0.5, 0.6) is 0 Å². The first-order valence-corrected chi connectivity index (χ1v) is 10.3. The van der Waals surface area contributed by atoms with Gasteiger partial charge < -0.3 is 10.1 Å². The monoisotopic (exact) mass is 406 g/mol. The molecular formula is C20H23ClN2O3S. The highest BCUT2D eigenvalue weighted by atomic mass is 35.5. The van der Waals surface area contributed by atoms with Crippen LogP contribution in [0.1, 0.15) is 34.1 Å². The molecular weight excluding hydrogens is 384 g/mol. The van der Waals surface area contributed by atoms with Crippen molar-refractivity contribution in [2.24, 2.45) is 0 Å². The van der Waals surface area contributed by atoms with E-state index in [-0.39, 0.29) is 30.6 Å². The minimum Gasteiger partial charge on any atom is -0.379 e. The number of ether oxygens (including phenoxy) is 1. The topological polar surface area (TPSA) is 58.6 Å². The van der Waals surface area contributed by atoms with Crippen molar-refractivity contribution in [3.05, 3.63) is 57.2 Å². The van der Waals surface area contributed by atoms with Gasteiger partial charge in [-0.3, -0.25) is 14.5 Å². The van der Waals surface area contributed by atoms with Crippen LogP contribution in [0.15, 0.2) is 41.8 Å². The molecule has 7 heteroatoms. The van der Waals surface area contributed by atoms with Gasteiger partial charge in [-0.2, -0.15) is 0 Å². The van der Waals surface area contributed by atoms with Crippen molar-refractivity contribution in [1.82, 2.24) is 10.2 Å². The van der Waals surface area contributed by atoms with Crippen LogP contribution >= 0.6 is 22.9 Å². The third kappa shape index (κ3) is 5.62. The quantitative estimate of drug-likeness (QED) is 0.681. The van der Waals surface area contributed by atoms with Crippen molar-refractivity contribution in [1.29, 1.82) is 0 Å². The third-order valence-electron chi connectivity index (χ3n) is 4.62. The molecule has 2 heterocycles. The molecule has 1 fully saturated rings. The predicted molar refractivity (Wildman–Crippen MR) is 107 cm³/mol. The maximum atomic E-state index is 12.3. The second-order valence-corrected chi connectivity index (χ2v) is 7.75. The summed E-state index contributed by atoms with van der Waals surface area (Å²) in [6.45, 7) is 3.38. The van der Waals surface area contributed by atoms with Crippen LogP contribution < -0.4 is 5.32 Å². The number of halogens is 1. The molecule has 0 aliphatic carbocycles. The Kier molecular flexibility index (Phi) is 7.41. The maximum Gasteiger partial charge on any atom is 0.220 e. The molecule has 1 N–H and O–H groups in total. The van der Waals surface area contributed by atoms with E-state index in [9.17, 15) is 9.59 Å². The summed E-state index contributed by atoms with van der Waals surface area (Å²) in [5.41, 5.74) is 0.996. The van der Waals surface area contributed by atoms with Crippen LogP contribution in [0.25, 0.3) is 0 Å². The lowest BCUT2D eigenvalue weighted by Gasteiger charge is -2.35. The fourth-order valence-electron chi connectivity index (χ4n) is 3.16. The Balaban J connectivity index is 1.58. The number of thiophene rings is 1. The Bertz CT molecular complexity index is 760. The van der Waals surface area contributed by atoms with E-state index >= 15 is 0 Å². The summed E-state index contributed by atoms with van der Waals surface area (Å²) in [6.07, 6.45) is 0.412. The lowest BCUT2D eigenvalue weighted by atomic mass is 10.0. The molecule has 0 bridgehead atoms. The van der Waals surface area contributed by atoms with Crippen molar-refractivity contribution in [3.63, 3.8) is 0 Å². The van der Waals surface area contributed by atoms with Gasteiger partial charge in [0.2, 0.25) is 5.91 Å². The average Bonchev–Trinajstić information content (AvgIpc) is 3.23. The molecule has 1 aliphatic rings. The molecule has 1 atom stereocenters. The number of ketones is 1. The molecule has 0 radical (unpaired) electrons. The molecule has 0 spiro atoms. The van der Waals surface area contributed by atoms with E-state index < -0.39 is 0 Å². The van der Waals surface area contributed by atoms with Gasteiger partial charge in [0, 0.05) is 37.5 Å². The summed E-state index contributed by atoms with van der Waals surface area (Å²) in [6, 6.07) is 11.3. The van der Waals surface area contributed by atoms with Gasteiger partial charge in [-0.05, 0) is 23.1 Å². The number of nitrogens with one attached hydrogen (secondary N) is 1. The van der Waals surface area contributed by atoms with Gasteiger partial charge in [0.15, 0.2) is 5.78 Å². The second-order valence-electron chi connectivity index (χ2n) is 6.39. The number of hydrogen-bond donors (Lipinski definition) is 1. The summed E-state index contributed by atoms with van der Waals surface area (Å²) < 4.78 is 5.44. The summed E-state index contributed by atoms with van der Waals surface area (Å²) >= 11 is 7.80. The molecule has 0 unspecified atom stereocenters. The first-order valence-electron chi connectivity index (χ1n) is 9.05. The van der Waals surface area contributed by atoms with Gasteiger partial charge >= 0.3 is 0 Å². The predicted octanol–water partition coefficient (Wildman–Crippen LogP) is 3.55. The fraction of sp³-hybridized carbons (Fsp3) is 0.400. The Morgan fingerprint density at radius 1 is 1.15 bits per heavy atom. The lowest BCUT2D eigenvalue weighted by Crippen LogP contribution is -2.44. The van der Waals surface area contributed by atoms with E-state index in [0.29, 0.717) is 29.7 Å². The average molecular weight is 407 g/mol. The minimum absolute atomic E-state index is 0.0102. The SMILES string of the molecule is O=C(CCC(=O)c1cccs1)NC[C@@H](c1ccccc1Cl)N1CCOCC1. The van der Waals surface area contributed by atoms with E-state index in [1.807, 2.05) is 35.7 Å². The molecule has 5 nitrogen and oxygen atoms in total. The molecule has 27 heavy (non-hydrogen) atoms. The van der Waals surface area contributed by atoms with Gasteiger partial charge in [0.05, 0.1) is 24.1 Å². The van der Waals surface area contributed by atoms with Crippen LogP contribution in [0, 0.1) is 0 Å². The highest BCUT2D eigenvalue weighted by Crippen LogP contribution is 2.27. The van der Waals surface area contributed by atoms with Crippen molar-refractivity contribution in [2.45, 2.75) is 18.9 Å². The lowest BCUT2D eigenvalue weighted by molar-refractivity contribution is -0.121. The zero-order valence-electron chi connectivity index (χ0n) is 15.0. The smallest absolute Gasteiger partial charge is 0.220 e. The molecule has 2 aromatic rings. The Morgan fingerprint density at radius 3 is 2.63 bits per heavy atom. The molecule has 144 valence electrons. The Morgan fingerprint density at radius 2 is 1.93 bits per heavy atom. The van der Waals surface area contributed by atoms with Crippen molar-refractivity contribution in [3.8, 4) is 0 Å². The van der Waals surface area contributed by atoms with Crippen LogP contribution in [-0.2, 0) is 9.53 Å². The van der Waals surface area contributed by atoms with Gasteiger partial charge in [0.25, 0.3) is 0 Å². The molecule has 1 aromatic heterocycles. The second kappa shape index (κ2) is 9.99. The molecule has 1 aromatic carbocycles. The summed E-state index contributed by atoms with van der Waals surface area (Å²) in [5, 5.41) is 5.53. The molecule has 1 saturated heterocycles. The summed E-state index contributed by atoms with van der Waals surface area (Å²) in [5.74, 6) is -0.110. The minimum atomic E-state index is -0.120. The fourth-order valence-corrected chi connectivity index (χ4v) is 4.11. The number of morpholine rings is 1. The highest BCUT2D eigenvalue weighted by Gasteiger charge is 2.25. The maximum absolute atomic E-state index is 12.3. The zero-order valence-corrected chi connectivity index (χ0v) is 16.6. The van der Waals surface area contributed by atoms with Gasteiger partial charge in [-0.1, -0.05) is 35.9 Å². The van der Waals surface area contributed by atoms with E-state index in [0.717, 1.165) is 18.7 Å². The van der Waals surface area contributed by atoms with E-state index in [1.54, 1.807) is 6.07 Å². The van der Waals surface area contributed by atoms with Gasteiger partial charge in [-0.25, -0.2) is 0 Å². The van der Waals surface area contributed by atoms with E-state index in [2.05, 4.69) is 10.2 Å². The molecule has 1 amide bonds. The number of Topliss-reactive ketones (excluding diaryl/α,β-unsaturated/α-hetero) is 1. The normalized spacial score (nSPS) is 16.0. The van der Waals surface area contributed by atoms with Crippen LogP contribution in [0.2, 0.25) is 5.02 Å². The first kappa shape index (κ1) is 20.0. The molecule has 0 saturated carbocycles. The summed E-state index contributed by atoms with van der Waals surface area (Å²) in [4.78, 5) is 27.3. The number of nitrogens with zero attached hydrogens (tertiary/aromatic N) is 1. The number of carbonyl (C=O) groups is 2. The zero-order chi connectivity index (χ0) is 19.1. The Hall–Kier alpha value is -1.73. The number of hydrogen-bond acceptors (Lipinski definition) is 5. The number of rotatable bonds is 8. The van der Waals surface area contributed by atoms with Crippen molar-refractivity contribution < 1.29 is 14.3 Å². The van der Waals surface area contributed by atoms with E-state index in [1.165, 1.54) is 11.3 Å². The molecule has 3 rings (SSSR count). The highest BCUT2D eigenvalue weighted by molar-refractivity contribution is 7.12. The number of carbonyl (C=O) groups excluding carboxylic acids is 2. The number of amides is 1. The first-order chi connectivity index (χ1) is 13.1. The van der Waals surface area contributed by atoms with Crippen LogP contribution in [0.4, 0.5) is 0 Å². The molecule has 1 aliphatic heterocycles. The van der Waals surface area contributed by atoms with E-state index in [4.69, 9.17) is 16.3 Å². The van der Waals surface area contributed by atoms with Crippen molar-refractivity contribution >= 4 is 34.6 Å². The van der Waals surface area contributed by atoms with Gasteiger partial charge in [-0.15, -0.1) is 11.3 Å². The van der Waals surface area contributed by atoms with Crippen LogP contribution in [0.3, 0.4) is 0 Å². The van der Waals surface area contributed by atoms with Gasteiger partial charge in [0.1, 0.15) is 0 Å². The Labute approximate surface area is 168 Å². The van der Waals surface area contributed by atoms with Crippen molar-refractivity contribution in [2.75, 3.05) is 32.8 Å². The number of benzene rings is 1. The standard InChI is InChI=1S/C20H23ClN2O3S/c21-16-5-2-1-4-15(16)17(23-9-11-26-12-10-23)14-22-20(25)8-7-18(24)19-6-3-13-27-19/h1-6,13,17H,7-12,14H2,(H,22,25)/t17-/m0/s1. The largest absolute Gasteiger partial charge is 0.379 e. The van der Waals surface area contributed by atoms with Crippen LogP contribution in [-0.4, -0.2) is 49.4 Å². The third-order valence-corrected chi connectivity index (χ3v) is 5.87. The summed E-state index contributed by atoms with van der Waals surface area (Å²) in [7, 11) is 0.